The van der Waals surface area contributed by atoms with Gasteiger partial charge in [-0.1, -0.05) is 34.8 Å². The Morgan fingerprint density at radius 1 is 1.09 bits per heavy atom. The van der Waals surface area contributed by atoms with Crippen LogP contribution in [-0.2, 0) is 10.1 Å². The molecule has 14 heteroatoms. The van der Waals surface area contributed by atoms with Crippen LogP contribution in [0.2, 0.25) is 15.1 Å². The van der Waals surface area contributed by atoms with Gasteiger partial charge in [0.25, 0.3) is 17.7 Å². The van der Waals surface area contributed by atoms with Crippen LogP contribution in [0.1, 0.15) is 34.7 Å². The number of rotatable bonds is 7. The van der Waals surface area contributed by atoms with Gasteiger partial charge in [0.05, 0.1) is 27.6 Å². The number of nitrogens with zero attached hydrogens (tertiary/aromatic N) is 3. The topological polar surface area (TPSA) is 132 Å². The number of pyridine rings is 1. The second-order valence-corrected chi connectivity index (χ2v) is 10.1. The van der Waals surface area contributed by atoms with E-state index in [9.17, 15) is 18.0 Å². The fraction of sp³-hybridized carbons (Fsp3) is 0.200. The van der Waals surface area contributed by atoms with Crippen molar-refractivity contribution < 1.29 is 22.2 Å². The molecular formula is C20H18Cl3N5O5S. The van der Waals surface area contributed by atoms with Crippen molar-refractivity contribution in [3.05, 3.63) is 62.9 Å². The maximum atomic E-state index is 13.3. The van der Waals surface area contributed by atoms with Gasteiger partial charge in [-0.25, -0.2) is 9.67 Å². The van der Waals surface area contributed by atoms with E-state index in [1.807, 2.05) is 0 Å². The van der Waals surface area contributed by atoms with Gasteiger partial charge in [0, 0.05) is 23.3 Å². The number of hydrogen-bond acceptors (Lipinski definition) is 7. The third-order valence-electron chi connectivity index (χ3n) is 4.05. The second-order valence-electron chi connectivity index (χ2n) is 7.27. The maximum Gasteiger partial charge on any atom is 0.307 e. The molecule has 0 aliphatic carbocycles. The zero-order valence-corrected chi connectivity index (χ0v) is 21.1. The van der Waals surface area contributed by atoms with Gasteiger partial charge < -0.3 is 14.8 Å². The summed E-state index contributed by atoms with van der Waals surface area (Å²) >= 11 is 18.5. The lowest BCUT2D eigenvalue weighted by molar-refractivity contribution is 0.0944. The molecule has 10 nitrogen and oxygen atoms in total. The van der Waals surface area contributed by atoms with Crippen molar-refractivity contribution >= 4 is 62.4 Å². The number of aromatic nitrogens is 3. The fourth-order valence-electron chi connectivity index (χ4n) is 2.81. The summed E-state index contributed by atoms with van der Waals surface area (Å²) in [6.45, 7) is 3.53. The standard InChI is InChI=1S/C20H18Cl3N5O5S/c1-10(2)25-19(29)12-7-11(21)8-14(23)17(12)26-20(30)15-9-16(33-34(3,31)32)27-28(15)18-13(22)5-4-6-24-18/h4-10H,1-3H3,(H,25,29)(H,26,30). The third kappa shape index (κ3) is 6.17. The first-order valence-electron chi connectivity index (χ1n) is 9.57. The normalized spacial score (nSPS) is 11.4. The van der Waals surface area contributed by atoms with Crippen LogP contribution in [0, 0.1) is 0 Å². The van der Waals surface area contributed by atoms with Gasteiger partial charge in [-0.05, 0) is 38.1 Å². The first-order valence-corrected chi connectivity index (χ1v) is 12.5. The average molecular weight is 547 g/mol. The van der Waals surface area contributed by atoms with Gasteiger partial charge in [-0.3, -0.25) is 9.59 Å². The van der Waals surface area contributed by atoms with Gasteiger partial charge >= 0.3 is 10.1 Å². The van der Waals surface area contributed by atoms with Crippen molar-refractivity contribution in [3.63, 3.8) is 0 Å². The van der Waals surface area contributed by atoms with Crippen molar-refractivity contribution in [2.24, 2.45) is 0 Å². The summed E-state index contributed by atoms with van der Waals surface area (Å²) < 4.78 is 29.0. The van der Waals surface area contributed by atoms with E-state index >= 15 is 0 Å². The van der Waals surface area contributed by atoms with Crippen LogP contribution in [0.25, 0.3) is 5.82 Å². The summed E-state index contributed by atoms with van der Waals surface area (Å²) in [5.74, 6) is -1.68. The molecule has 180 valence electrons. The van der Waals surface area contributed by atoms with E-state index in [1.54, 1.807) is 19.9 Å². The average Bonchev–Trinajstić information content (AvgIpc) is 3.11. The summed E-state index contributed by atoms with van der Waals surface area (Å²) in [6, 6.07) is 6.67. The first-order chi connectivity index (χ1) is 15.9. The Bertz CT molecular complexity index is 1370. The number of benzene rings is 1. The lowest BCUT2D eigenvalue weighted by atomic mass is 10.1. The molecule has 1 aromatic carbocycles. The Kier molecular flexibility index (Phi) is 7.71. The molecule has 0 atom stereocenters. The van der Waals surface area contributed by atoms with Crippen molar-refractivity contribution in [2.75, 3.05) is 11.6 Å². The number of carbonyl (C=O) groups excluding carboxylic acids is 2. The Balaban J connectivity index is 2.09. The van der Waals surface area contributed by atoms with Crippen molar-refractivity contribution in [3.8, 4) is 11.7 Å². The third-order valence-corrected chi connectivity index (χ3v) is 5.34. The van der Waals surface area contributed by atoms with E-state index in [0.717, 1.165) is 17.0 Å². The summed E-state index contributed by atoms with van der Waals surface area (Å²) in [7, 11) is -3.95. The minimum absolute atomic E-state index is 0.00398. The number of halogens is 3. The minimum Gasteiger partial charge on any atom is -0.360 e. The molecule has 3 rings (SSSR count). The molecule has 0 aliphatic heterocycles. The van der Waals surface area contributed by atoms with Crippen LogP contribution in [0.15, 0.2) is 36.5 Å². The second kappa shape index (κ2) is 10.2. The molecule has 2 amide bonds. The van der Waals surface area contributed by atoms with Crippen molar-refractivity contribution in [1.29, 1.82) is 0 Å². The molecule has 2 N–H and O–H groups in total. The van der Waals surface area contributed by atoms with Gasteiger partial charge in [0.2, 0.25) is 0 Å². The van der Waals surface area contributed by atoms with Crippen LogP contribution in [0.5, 0.6) is 5.88 Å². The maximum absolute atomic E-state index is 13.3. The minimum atomic E-state index is -3.95. The molecule has 0 bridgehead atoms. The number of nitrogens with one attached hydrogen (secondary N) is 2. The predicted octanol–water partition coefficient (Wildman–Crippen LogP) is 3.96. The van der Waals surface area contributed by atoms with E-state index in [0.29, 0.717) is 0 Å². The van der Waals surface area contributed by atoms with E-state index in [1.165, 1.54) is 24.4 Å². The van der Waals surface area contributed by atoms with Gasteiger partial charge in [0.15, 0.2) is 5.82 Å². The van der Waals surface area contributed by atoms with Crippen LogP contribution in [0.4, 0.5) is 5.69 Å². The molecule has 0 unspecified atom stereocenters. The highest BCUT2D eigenvalue weighted by molar-refractivity contribution is 7.86. The number of amides is 2. The molecule has 0 fully saturated rings. The Labute approximate surface area is 210 Å². The summed E-state index contributed by atoms with van der Waals surface area (Å²) in [5.41, 5.74) is -0.186. The molecule has 3 aromatic rings. The lowest BCUT2D eigenvalue weighted by Crippen LogP contribution is -2.31. The van der Waals surface area contributed by atoms with Crippen molar-refractivity contribution in [2.45, 2.75) is 19.9 Å². The SMILES string of the molecule is CC(C)NC(=O)c1cc(Cl)cc(Cl)c1NC(=O)c1cc(OS(C)(=O)=O)nn1-c1ncccc1Cl. The van der Waals surface area contributed by atoms with E-state index in [2.05, 4.69) is 20.7 Å². The monoisotopic (exact) mass is 545 g/mol. The van der Waals surface area contributed by atoms with E-state index < -0.39 is 27.8 Å². The number of hydrogen-bond donors (Lipinski definition) is 2. The molecule has 0 saturated carbocycles. The van der Waals surface area contributed by atoms with E-state index in [-0.39, 0.29) is 43.9 Å². The predicted molar refractivity (Wildman–Crippen MR) is 129 cm³/mol. The number of carbonyl (C=O) groups is 2. The van der Waals surface area contributed by atoms with Crippen LogP contribution in [0.3, 0.4) is 0 Å². The number of anilines is 1. The summed E-state index contributed by atoms with van der Waals surface area (Å²) in [5, 5.41) is 9.58. The highest BCUT2D eigenvalue weighted by Gasteiger charge is 2.25. The largest absolute Gasteiger partial charge is 0.360 e. The lowest BCUT2D eigenvalue weighted by Gasteiger charge is -2.15. The van der Waals surface area contributed by atoms with Gasteiger partial charge in [-0.15, -0.1) is 5.10 Å². The van der Waals surface area contributed by atoms with Crippen LogP contribution < -0.4 is 14.8 Å². The molecule has 2 aromatic heterocycles. The van der Waals surface area contributed by atoms with Crippen LogP contribution >= 0.6 is 34.8 Å². The molecule has 0 radical (unpaired) electrons. The molecule has 2 heterocycles. The van der Waals surface area contributed by atoms with Crippen LogP contribution in [-0.4, -0.2) is 47.3 Å². The highest BCUT2D eigenvalue weighted by atomic mass is 35.5. The van der Waals surface area contributed by atoms with Crippen molar-refractivity contribution in [1.82, 2.24) is 20.1 Å². The summed E-state index contributed by atoms with van der Waals surface area (Å²) in [4.78, 5) is 30.0. The quantitative estimate of drug-likeness (QED) is 0.429. The van der Waals surface area contributed by atoms with Gasteiger partial charge in [0.1, 0.15) is 5.69 Å². The van der Waals surface area contributed by atoms with E-state index in [4.69, 9.17) is 39.0 Å². The Morgan fingerprint density at radius 3 is 2.41 bits per heavy atom. The summed E-state index contributed by atoms with van der Waals surface area (Å²) in [6.07, 6.45) is 2.23. The zero-order chi connectivity index (χ0) is 25.2. The zero-order valence-electron chi connectivity index (χ0n) is 18.0. The fourth-order valence-corrected chi connectivity index (χ4v) is 3.94. The molecule has 0 saturated heterocycles. The Hall–Kier alpha value is -2.86. The molecular weight excluding hydrogens is 529 g/mol. The van der Waals surface area contributed by atoms with Gasteiger partial charge in [-0.2, -0.15) is 8.42 Å². The smallest absolute Gasteiger partial charge is 0.307 e. The molecule has 34 heavy (non-hydrogen) atoms. The highest BCUT2D eigenvalue weighted by Crippen LogP contribution is 2.31. The molecule has 0 spiro atoms. The molecule has 0 aliphatic rings. The first kappa shape index (κ1) is 25.8. The Morgan fingerprint density at radius 2 is 1.79 bits per heavy atom.